The number of benzene rings is 1. The number of hydrogen-bond acceptors (Lipinski definition) is 4. The maximum absolute atomic E-state index is 13.2. The summed E-state index contributed by atoms with van der Waals surface area (Å²) in [5.41, 5.74) is 1.00. The Labute approximate surface area is 168 Å². The number of hydrogen-bond donors (Lipinski definition) is 1. The lowest BCUT2D eigenvalue weighted by molar-refractivity contribution is -0.0605. The Balaban J connectivity index is 1.53. The van der Waals surface area contributed by atoms with E-state index in [9.17, 15) is 4.39 Å². The summed E-state index contributed by atoms with van der Waals surface area (Å²) in [6, 6.07) is 6.60. The van der Waals surface area contributed by atoms with Gasteiger partial charge in [-0.1, -0.05) is 12.1 Å². The maximum atomic E-state index is 13.2. The molecule has 0 aliphatic carbocycles. The van der Waals surface area contributed by atoms with Gasteiger partial charge in [0, 0.05) is 39.8 Å². The predicted octanol–water partition coefficient (Wildman–Crippen LogP) is 1.80. The lowest BCUT2D eigenvalue weighted by atomic mass is 10.1. The van der Waals surface area contributed by atoms with Crippen molar-refractivity contribution in [2.45, 2.75) is 25.6 Å². The smallest absolute Gasteiger partial charge is 0.193 e. The summed E-state index contributed by atoms with van der Waals surface area (Å²) in [6.45, 7) is 10.1. The van der Waals surface area contributed by atoms with Gasteiger partial charge in [0.1, 0.15) is 11.9 Å². The van der Waals surface area contributed by atoms with Crippen LogP contribution in [0.2, 0.25) is 0 Å². The Hall–Kier alpha value is -1.70. The molecule has 0 amide bonds. The quantitative estimate of drug-likeness (QED) is 0.626. The summed E-state index contributed by atoms with van der Waals surface area (Å²) in [7, 11) is 4.02. The molecule has 6 nitrogen and oxygen atoms in total. The first-order chi connectivity index (χ1) is 13.5. The maximum Gasteiger partial charge on any atom is 0.193 e. The first-order valence-electron chi connectivity index (χ1n) is 10.3. The Bertz CT molecular complexity index is 638. The van der Waals surface area contributed by atoms with E-state index in [1.807, 2.05) is 19.2 Å². The monoisotopic (exact) mass is 391 g/mol. The molecule has 0 radical (unpaired) electrons. The first-order valence-corrected chi connectivity index (χ1v) is 10.3. The molecule has 1 aromatic rings. The van der Waals surface area contributed by atoms with Crippen molar-refractivity contribution >= 4 is 5.96 Å². The molecule has 0 spiro atoms. The summed E-state index contributed by atoms with van der Waals surface area (Å²) >= 11 is 0. The van der Waals surface area contributed by atoms with Crippen molar-refractivity contribution in [2.24, 2.45) is 4.99 Å². The van der Waals surface area contributed by atoms with Crippen LogP contribution >= 0.6 is 0 Å². The van der Waals surface area contributed by atoms with Crippen molar-refractivity contribution in [3.63, 3.8) is 0 Å². The summed E-state index contributed by atoms with van der Waals surface area (Å²) in [6.07, 6.45) is 1.23. The van der Waals surface area contributed by atoms with E-state index in [2.05, 4.69) is 39.0 Å². The normalized spacial score (nSPS) is 25.6. The van der Waals surface area contributed by atoms with Crippen molar-refractivity contribution < 1.29 is 9.13 Å². The molecule has 2 fully saturated rings. The van der Waals surface area contributed by atoms with E-state index in [1.165, 1.54) is 25.1 Å². The fourth-order valence-electron chi connectivity index (χ4n) is 3.97. The highest BCUT2D eigenvalue weighted by molar-refractivity contribution is 5.80. The molecule has 0 saturated carbocycles. The van der Waals surface area contributed by atoms with Gasteiger partial charge in [-0.3, -0.25) is 4.99 Å². The number of nitrogens with zero attached hydrogens (tertiary/aromatic N) is 4. The van der Waals surface area contributed by atoms with Crippen molar-refractivity contribution in [2.75, 3.05) is 66.5 Å². The molecule has 2 heterocycles. The van der Waals surface area contributed by atoms with Crippen LogP contribution in [-0.2, 0) is 4.74 Å². The minimum absolute atomic E-state index is 0.0796. The molecule has 2 aliphatic heterocycles. The lowest BCUT2D eigenvalue weighted by Gasteiger charge is -2.39. The van der Waals surface area contributed by atoms with Gasteiger partial charge in [0.25, 0.3) is 0 Å². The van der Waals surface area contributed by atoms with E-state index < -0.39 is 0 Å². The van der Waals surface area contributed by atoms with Gasteiger partial charge in [0.15, 0.2) is 5.96 Å². The number of nitrogens with one attached hydrogen (secondary N) is 1. The van der Waals surface area contributed by atoms with Crippen molar-refractivity contribution in [1.82, 2.24) is 20.0 Å². The molecule has 0 aromatic heterocycles. The average Bonchev–Trinajstić information content (AvgIpc) is 2.89. The highest BCUT2D eigenvalue weighted by Gasteiger charge is 2.28. The third-order valence-electron chi connectivity index (χ3n) is 5.54. The fourth-order valence-corrected chi connectivity index (χ4v) is 3.97. The number of halogens is 1. The van der Waals surface area contributed by atoms with Crippen LogP contribution in [0.3, 0.4) is 0 Å². The van der Waals surface area contributed by atoms with Gasteiger partial charge in [0.05, 0.1) is 12.6 Å². The van der Waals surface area contributed by atoms with Gasteiger partial charge >= 0.3 is 0 Å². The molecule has 1 aromatic carbocycles. The molecule has 156 valence electrons. The Kier molecular flexibility index (Phi) is 7.65. The highest BCUT2D eigenvalue weighted by Crippen LogP contribution is 2.25. The van der Waals surface area contributed by atoms with Gasteiger partial charge in [-0.25, -0.2) is 4.39 Å². The van der Waals surface area contributed by atoms with E-state index >= 15 is 0 Å². The second kappa shape index (κ2) is 10.2. The van der Waals surface area contributed by atoms with Crippen LogP contribution in [-0.4, -0.2) is 93.2 Å². The number of ether oxygens (including phenoxy) is 1. The summed E-state index contributed by atoms with van der Waals surface area (Å²) in [5, 5.41) is 3.52. The van der Waals surface area contributed by atoms with Crippen LogP contribution in [0.5, 0.6) is 0 Å². The second-order valence-electron chi connectivity index (χ2n) is 7.86. The zero-order valence-corrected chi connectivity index (χ0v) is 17.4. The Morgan fingerprint density at radius 1 is 1.18 bits per heavy atom. The fraction of sp³-hybridized carbons (Fsp3) is 0.667. The van der Waals surface area contributed by atoms with E-state index in [4.69, 9.17) is 4.74 Å². The third-order valence-corrected chi connectivity index (χ3v) is 5.54. The van der Waals surface area contributed by atoms with Crippen LogP contribution < -0.4 is 5.32 Å². The van der Waals surface area contributed by atoms with Crippen LogP contribution in [0.15, 0.2) is 29.3 Å². The second-order valence-corrected chi connectivity index (χ2v) is 7.86. The van der Waals surface area contributed by atoms with Gasteiger partial charge < -0.3 is 24.8 Å². The highest BCUT2D eigenvalue weighted by atomic mass is 19.1. The van der Waals surface area contributed by atoms with E-state index in [-0.39, 0.29) is 18.0 Å². The molecule has 2 aliphatic rings. The SMILES string of the molecule is CN=C(NCCN1CCCN(C)CC1)N1CC(C)OC(c2ccc(F)cc2)C1. The minimum atomic E-state index is -0.221. The first kappa shape index (κ1) is 21.0. The lowest BCUT2D eigenvalue weighted by Crippen LogP contribution is -2.51. The van der Waals surface area contributed by atoms with Gasteiger partial charge in [-0.15, -0.1) is 0 Å². The number of rotatable bonds is 4. The minimum Gasteiger partial charge on any atom is -0.367 e. The number of aliphatic imine (C=N–C) groups is 1. The van der Waals surface area contributed by atoms with Crippen molar-refractivity contribution in [3.8, 4) is 0 Å². The molecular formula is C21H34FN5O. The van der Waals surface area contributed by atoms with E-state index in [0.29, 0.717) is 6.54 Å². The Morgan fingerprint density at radius 3 is 2.71 bits per heavy atom. The van der Waals surface area contributed by atoms with Crippen LogP contribution in [0.25, 0.3) is 0 Å². The number of likely N-dealkylation sites (N-methyl/N-ethyl adjacent to an activating group) is 1. The zero-order chi connectivity index (χ0) is 19.9. The summed E-state index contributed by atoms with van der Waals surface area (Å²) in [4.78, 5) is 11.7. The van der Waals surface area contributed by atoms with E-state index in [0.717, 1.165) is 50.8 Å². The summed E-state index contributed by atoms with van der Waals surface area (Å²) < 4.78 is 19.3. The van der Waals surface area contributed by atoms with Crippen LogP contribution in [0.4, 0.5) is 4.39 Å². The predicted molar refractivity (Wildman–Crippen MR) is 111 cm³/mol. The molecule has 0 bridgehead atoms. The van der Waals surface area contributed by atoms with Gasteiger partial charge in [-0.2, -0.15) is 0 Å². The largest absolute Gasteiger partial charge is 0.367 e. The van der Waals surface area contributed by atoms with Crippen molar-refractivity contribution in [1.29, 1.82) is 0 Å². The molecule has 2 unspecified atom stereocenters. The number of morpholine rings is 1. The molecule has 2 saturated heterocycles. The Morgan fingerprint density at radius 2 is 1.96 bits per heavy atom. The summed E-state index contributed by atoms with van der Waals surface area (Å²) in [5.74, 6) is 0.691. The molecule has 2 atom stereocenters. The van der Waals surface area contributed by atoms with Gasteiger partial charge in [0.2, 0.25) is 0 Å². The topological polar surface area (TPSA) is 43.3 Å². The van der Waals surface area contributed by atoms with Crippen LogP contribution in [0, 0.1) is 5.82 Å². The van der Waals surface area contributed by atoms with Crippen molar-refractivity contribution in [3.05, 3.63) is 35.6 Å². The molecule has 3 rings (SSSR count). The van der Waals surface area contributed by atoms with Crippen LogP contribution in [0.1, 0.15) is 25.0 Å². The number of guanidine groups is 1. The third kappa shape index (κ3) is 5.90. The molecular weight excluding hydrogens is 357 g/mol. The molecule has 1 N–H and O–H groups in total. The molecule has 28 heavy (non-hydrogen) atoms. The standard InChI is InChI=1S/C21H34FN5O/c1-17-15-27(16-20(28-17)18-5-7-19(22)8-6-18)21(23-2)24-9-12-26-11-4-10-25(3)13-14-26/h5-8,17,20H,4,9-16H2,1-3H3,(H,23,24). The van der Waals surface area contributed by atoms with E-state index in [1.54, 1.807) is 0 Å². The van der Waals surface area contributed by atoms with Gasteiger partial charge in [-0.05, 0) is 51.2 Å². The molecule has 7 heteroatoms. The average molecular weight is 392 g/mol. The zero-order valence-electron chi connectivity index (χ0n) is 17.4.